The summed E-state index contributed by atoms with van der Waals surface area (Å²) < 4.78 is 6.45. The third-order valence-electron chi connectivity index (χ3n) is 8.20. The SMILES string of the molecule is Cc1c(C)c2c(c(C)c1O)CCC(C)(C(=O)N1CCN(Cc3ccccc3-c3ccc(Cl)cc3)CC1)O2. The van der Waals surface area contributed by atoms with Crippen LogP contribution in [0.15, 0.2) is 48.5 Å². The van der Waals surface area contributed by atoms with Crippen LogP contribution in [0, 0.1) is 20.8 Å². The zero-order valence-corrected chi connectivity index (χ0v) is 22.9. The number of hydrogen-bond donors (Lipinski definition) is 1. The quantitative estimate of drug-likeness (QED) is 0.455. The highest BCUT2D eigenvalue weighted by Gasteiger charge is 2.43. The highest BCUT2D eigenvalue weighted by molar-refractivity contribution is 6.30. The Morgan fingerprint density at radius 2 is 1.65 bits per heavy atom. The van der Waals surface area contributed by atoms with Gasteiger partial charge >= 0.3 is 0 Å². The number of halogens is 1. The summed E-state index contributed by atoms with van der Waals surface area (Å²) >= 11 is 6.09. The fourth-order valence-electron chi connectivity index (χ4n) is 5.65. The van der Waals surface area contributed by atoms with Gasteiger partial charge in [-0.05, 0) is 79.6 Å². The van der Waals surface area contributed by atoms with Crippen LogP contribution in [0.1, 0.15) is 41.2 Å². The van der Waals surface area contributed by atoms with Crippen LogP contribution in [0.4, 0.5) is 0 Å². The molecule has 1 fully saturated rings. The Morgan fingerprint density at radius 3 is 2.35 bits per heavy atom. The van der Waals surface area contributed by atoms with Gasteiger partial charge in [0.2, 0.25) is 0 Å². The van der Waals surface area contributed by atoms with Crippen molar-refractivity contribution in [3.63, 3.8) is 0 Å². The number of rotatable bonds is 4. The molecule has 0 saturated carbocycles. The lowest BCUT2D eigenvalue weighted by molar-refractivity contribution is -0.150. The second-order valence-corrected chi connectivity index (χ2v) is 11.0. The summed E-state index contributed by atoms with van der Waals surface area (Å²) in [6.07, 6.45) is 1.33. The molecule has 1 atom stereocenters. The summed E-state index contributed by atoms with van der Waals surface area (Å²) in [6.45, 7) is 11.5. The minimum Gasteiger partial charge on any atom is -0.507 e. The number of benzene rings is 3. The number of carbonyl (C=O) groups excluding carboxylic acids is 1. The zero-order valence-electron chi connectivity index (χ0n) is 22.1. The Hall–Kier alpha value is -3.02. The van der Waals surface area contributed by atoms with Crippen LogP contribution < -0.4 is 4.74 Å². The van der Waals surface area contributed by atoms with Crippen LogP contribution in [0.2, 0.25) is 5.02 Å². The molecule has 5 rings (SSSR count). The first-order chi connectivity index (χ1) is 17.7. The van der Waals surface area contributed by atoms with Crippen molar-refractivity contribution in [3.8, 4) is 22.6 Å². The Balaban J connectivity index is 1.26. The lowest BCUT2D eigenvalue weighted by Gasteiger charge is -2.42. The van der Waals surface area contributed by atoms with Crippen molar-refractivity contribution < 1.29 is 14.6 Å². The molecular weight excluding hydrogens is 484 g/mol. The number of fused-ring (bicyclic) bond motifs is 1. The van der Waals surface area contributed by atoms with E-state index >= 15 is 0 Å². The molecule has 2 aliphatic heterocycles. The lowest BCUT2D eigenvalue weighted by atomic mass is 9.86. The van der Waals surface area contributed by atoms with Gasteiger partial charge in [-0.3, -0.25) is 9.69 Å². The van der Waals surface area contributed by atoms with E-state index in [1.165, 1.54) is 11.1 Å². The van der Waals surface area contributed by atoms with Gasteiger partial charge in [-0.15, -0.1) is 0 Å². The summed E-state index contributed by atoms with van der Waals surface area (Å²) in [6, 6.07) is 16.5. The molecule has 0 spiro atoms. The molecule has 3 aromatic rings. The molecule has 1 N–H and O–H groups in total. The van der Waals surface area contributed by atoms with Crippen LogP contribution in [0.25, 0.3) is 11.1 Å². The number of hydrogen-bond acceptors (Lipinski definition) is 4. The van der Waals surface area contributed by atoms with Gasteiger partial charge in [-0.1, -0.05) is 48.0 Å². The Kier molecular flexibility index (Phi) is 6.95. The molecular formula is C31H35ClN2O3. The molecule has 0 bridgehead atoms. The molecule has 2 aliphatic rings. The fourth-order valence-corrected chi connectivity index (χ4v) is 5.78. The van der Waals surface area contributed by atoms with Gasteiger partial charge in [0.05, 0.1) is 0 Å². The highest BCUT2D eigenvalue weighted by atomic mass is 35.5. The van der Waals surface area contributed by atoms with Gasteiger partial charge in [0.1, 0.15) is 11.5 Å². The van der Waals surface area contributed by atoms with Crippen LogP contribution in [0.3, 0.4) is 0 Å². The van der Waals surface area contributed by atoms with Crippen LogP contribution in [0.5, 0.6) is 11.5 Å². The van der Waals surface area contributed by atoms with Gasteiger partial charge in [-0.2, -0.15) is 0 Å². The average molecular weight is 519 g/mol. The monoisotopic (exact) mass is 518 g/mol. The van der Waals surface area contributed by atoms with E-state index in [0.717, 1.165) is 64.6 Å². The van der Waals surface area contributed by atoms with E-state index in [1.54, 1.807) is 0 Å². The van der Waals surface area contributed by atoms with E-state index < -0.39 is 5.60 Å². The average Bonchev–Trinajstić information content (AvgIpc) is 2.91. The van der Waals surface area contributed by atoms with E-state index in [-0.39, 0.29) is 5.91 Å². The molecule has 1 unspecified atom stereocenters. The second kappa shape index (κ2) is 10.0. The molecule has 2 heterocycles. The minimum absolute atomic E-state index is 0.0575. The van der Waals surface area contributed by atoms with Crippen molar-refractivity contribution in [2.24, 2.45) is 0 Å². The van der Waals surface area contributed by atoms with Crippen molar-refractivity contribution >= 4 is 17.5 Å². The van der Waals surface area contributed by atoms with E-state index in [4.69, 9.17) is 16.3 Å². The number of ether oxygens (including phenoxy) is 1. The Morgan fingerprint density at radius 1 is 0.973 bits per heavy atom. The number of amides is 1. The fraction of sp³-hybridized carbons (Fsp3) is 0.387. The van der Waals surface area contributed by atoms with Crippen LogP contribution >= 0.6 is 11.6 Å². The molecule has 1 saturated heterocycles. The van der Waals surface area contributed by atoms with Gasteiger partial charge in [-0.25, -0.2) is 0 Å². The summed E-state index contributed by atoms with van der Waals surface area (Å²) in [5.74, 6) is 1.16. The molecule has 1 amide bonds. The van der Waals surface area contributed by atoms with Gasteiger partial charge in [0.25, 0.3) is 5.91 Å². The largest absolute Gasteiger partial charge is 0.507 e. The maximum atomic E-state index is 13.7. The van der Waals surface area contributed by atoms with Crippen molar-refractivity contribution in [3.05, 3.63) is 81.4 Å². The third-order valence-corrected chi connectivity index (χ3v) is 8.45. The number of aromatic hydroxyl groups is 1. The molecule has 37 heavy (non-hydrogen) atoms. The molecule has 0 radical (unpaired) electrons. The lowest BCUT2D eigenvalue weighted by Crippen LogP contribution is -2.57. The smallest absolute Gasteiger partial charge is 0.266 e. The van der Waals surface area contributed by atoms with Crippen molar-refractivity contribution in [1.29, 1.82) is 0 Å². The number of phenols is 1. The molecule has 0 aromatic heterocycles. The number of piperazine rings is 1. The topological polar surface area (TPSA) is 53.0 Å². The van der Waals surface area contributed by atoms with Gasteiger partial charge in [0.15, 0.2) is 5.60 Å². The molecule has 3 aromatic carbocycles. The van der Waals surface area contributed by atoms with Crippen molar-refractivity contribution in [2.45, 2.75) is 52.7 Å². The van der Waals surface area contributed by atoms with Gasteiger partial charge < -0.3 is 14.7 Å². The standard InChI is InChI=1S/C31H35ClN2O3/c1-20-21(2)29-26(22(3)28(20)35)13-14-31(4,37-29)30(36)34-17-15-33(16-18-34)19-24-7-5-6-8-27(24)23-9-11-25(32)12-10-23/h5-12,35H,13-19H2,1-4H3. The maximum Gasteiger partial charge on any atom is 0.266 e. The minimum atomic E-state index is -0.892. The molecule has 5 nitrogen and oxygen atoms in total. The van der Waals surface area contributed by atoms with E-state index in [9.17, 15) is 9.90 Å². The van der Waals surface area contributed by atoms with Crippen LogP contribution in [-0.4, -0.2) is 52.6 Å². The normalized spacial score (nSPS) is 19.9. The van der Waals surface area contributed by atoms with E-state index in [0.29, 0.717) is 25.3 Å². The Bertz CT molecular complexity index is 1330. The zero-order chi connectivity index (χ0) is 26.3. The first kappa shape index (κ1) is 25.6. The van der Waals surface area contributed by atoms with Crippen molar-refractivity contribution in [2.75, 3.05) is 26.2 Å². The maximum absolute atomic E-state index is 13.7. The molecule has 0 aliphatic carbocycles. The predicted octanol–water partition coefficient (Wildman–Crippen LogP) is 6.07. The van der Waals surface area contributed by atoms with E-state index in [1.807, 2.05) is 44.7 Å². The third kappa shape index (κ3) is 4.83. The number of phenolic OH excluding ortho intramolecular Hbond substituents is 1. The summed E-state index contributed by atoms with van der Waals surface area (Å²) in [5, 5.41) is 11.2. The van der Waals surface area contributed by atoms with E-state index in [2.05, 4.69) is 41.3 Å². The summed E-state index contributed by atoms with van der Waals surface area (Å²) in [5.41, 5.74) is 6.37. The van der Waals surface area contributed by atoms with Gasteiger partial charge in [0, 0.05) is 49.7 Å². The van der Waals surface area contributed by atoms with Crippen LogP contribution in [-0.2, 0) is 17.8 Å². The molecule has 194 valence electrons. The summed E-state index contributed by atoms with van der Waals surface area (Å²) in [7, 11) is 0. The second-order valence-electron chi connectivity index (χ2n) is 10.6. The molecule has 6 heteroatoms. The first-order valence-electron chi connectivity index (χ1n) is 13.0. The number of nitrogens with zero attached hydrogens (tertiary/aromatic N) is 2. The first-order valence-corrected chi connectivity index (χ1v) is 13.4. The Labute approximate surface area is 224 Å². The highest BCUT2D eigenvalue weighted by Crippen LogP contribution is 2.43. The van der Waals surface area contributed by atoms with Crippen molar-refractivity contribution in [1.82, 2.24) is 9.80 Å². The predicted molar refractivity (Wildman–Crippen MR) is 148 cm³/mol. The summed E-state index contributed by atoms with van der Waals surface area (Å²) in [4.78, 5) is 18.1. The number of carbonyl (C=O) groups is 1.